The van der Waals surface area contributed by atoms with E-state index in [1.54, 1.807) is 0 Å². The molecule has 1 aromatic heterocycles. The third-order valence-corrected chi connectivity index (χ3v) is 3.23. The highest BCUT2D eigenvalue weighted by atomic mass is 16.3. The highest BCUT2D eigenvalue weighted by Crippen LogP contribution is 2.27. The molecular weight excluding hydrogens is 236 g/mol. The summed E-state index contributed by atoms with van der Waals surface area (Å²) in [7, 11) is 0. The van der Waals surface area contributed by atoms with Gasteiger partial charge in [-0.15, -0.1) is 0 Å². The van der Waals surface area contributed by atoms with E-state index in [1.807, 2.05) is 37.3 Å². The number of hydrogen-bond donors (Lipinski definition) is 1. The molecule has 2 N–H and O–H groups in total. The van der Waals surface area contributed by atoms with Crippen molar-refractivity contribution in [2.75, 3.05) is 0 Å². The van der Waals surface area contributed by atoms with Gasteiger partial charge in [0.25, 0.3) is 0 Å². The predicted octanol–water partition coefficient (Wildman–Crippen LogP) is 3.57. The lowest BCUT2D eigenvalue weighted by Gasteiger charge is -1.99. The van der Waals surface area contributed by atoms with Crippen molar-refractivity contribution in [3.05, 3.63) is 53.1 Å². The summed E-state index contributed by atoms with van der Waals surface area (Å²) in [5, 5.41) is 0. The number of rotatable bonds is 2. The smallest absolute Gasteiger partial charge is 0.227 e. The van der Waals surface area contributed by atoms with Crippen LogP contribution in [0.3, 0.4) is 0 Å². The number of aromatic nitrogens is 1. The highest BCUT2D eigenvalue weighted by molar-refractivity contribution is 5.80. The minimum atomic E-state index is 0.520. The van der Waals surface area contributed by atoms with E-state index < -0.39 is 0 Å². The van der Waals surface area contributed by atoms with Crippen molar-refractivity contribution < 1.29 is 4.42 Å². The molecule has 1 heterocycles. The number of nitrogens with two attached hydrogens (primary N) is 1. The number of fused-ring (bicyclic) bond motifs is 1. The molecule has 0 atom stereocenters. The minimum absolute atomic E-state index is 0.520. The molecule has 0 fully saturated rings. The third kappa shape index (κ3) is 2.13. The molecule has 0 saturated heterocycles. The lowest BCUT2D eigenvalue weighted by atomic mass is 10.1. The molecule has 19 heavy (non-hydrogen) atoms. The maximum absolute atomic E-state index is 5.89. The zero-order valence-electron chi connectivity index (χ0n) is 11.1. The van der Waals surface area contributed by atoms with Gasteiger partial charge in [-0.1, -0.05) is 18.2 Å². The first-order valence-electron chi connectivity index (χ1n) is 6.34. The molecule has 0 unspecified atom stereocenters. The molecule has 2 aromatic carbocycles. The third-order valence-electron chi connectivity index (χ3n) is 3.23. The van der Waals surface area contributed by atoms with Crippen molar-refractivity contribution in [1.29, 1.82) is 0 Å². The molecule has 3 aromatic rings. The second-order valence-corrected chi connectivity index (χ2v) is 4.85. The Morgan fingerprint density at radius 1 is 1.16 bits per heavy atom. The molecule has 0 radical (unpaired) electrons. The van der Waals surface area contributed by atoms with Crippen LogP contribution in [0.4, 0.5) is 0 Å². The van der Waals surface area contributed by atoms with Crippen LogP contribution in [-0.2, 0) is 6.54 Å². The highest BCUT2D eigenvalue weighted by Gasteiger charge is 2.10. The van der Waals surface area contributed by atoms with Crippen LogP contribution in [0.2, 0.25) is 0 Å². The van der Waals surface area contributed by atoms with E-state index in [-0.39, 0.29) is 0 Å². The van der Waals surface area contributed by atoms with E-state index in [0.29, 0.717) is 12.4 Å². The standard InChI is InChI=1S/C16H16N2O/c1-10-6-11(2)15-14(7-10)18-16(19-15)13-5-3-4-12(8-13)9-17/h3-8H,9,17H2,1-2H3. The van der Waals surface area contributed by atoms with Gasteiger partial charge in [-0.25, -0.2) is 4.98 Å². The minimum Gasteiger partial charge on any atom is -0.436 e. The Balaban J connectivity index is 2.17. The molecule has 3 heteroatoms. The monoisotopic (exact) mass is 252 g/mol. The summed E-state index contributed by atoms with van der Waals surface area (Å²) in [5.41, 5.74) is 11.8. The Morgan fingerprint density at radius 3 is 2.79 bits per heavy atom. The number of nitrogens with zero attached hydrogens (tertiary/aromatic N) is 1. The van der Waals surface area contributed by atoms with Gasteiger partial charge in [0.05, 0.1) is 0 Å². The summed E-state index contributed by atoms with van der Waals surface area (Å²) in [4.78, 5) is 4.57. The van der Waals surface area contributed by atoms with Crippen LogP contribution in [0.25, 0.3) is 22.6 Å². The zero-order valence-corrected chi connectivity index (χ0v) is 11.1. The van der Waals surface area contributed by atoms with Gasteiger partial charge in [-0.05, 0) is 48.7 Å². The van der Waals surface area contributed by atoms with Gasteiger partial charge in [-0.2, -0.15) is 0 Å². The molecule has 0 aliphatic carbocycles. The van der Waals surface area contributed by atoms with E-state index in [0.717, 1.165) is 27.8 Å². The molecule has 0 aliphatic rings. The number of benzene rings is 2. The lowest BCUT2D eigenvalue weighted by molar-refractivity contribution is 0.617. The summed E-state index contributed by atoms with van der Waals surface area (Å²) in [6.07, 6.45) is 0. The summed E-state index contributed by atoms with van der Waals surface area (Å²) < 4.78 is 5.89. The fourth-order valence-corrected chi connectivity index (χ4v) is 2.33. The van der Waals surface area contributed by atoms with Crippen LogP contribution in [-0.4, -0.2) is 4.98 Å². The first-order chi connectivity index (χ1) is 9.17. The van der Waals surface area contributed by atoms with Gasteiger partial charge >= 0.3 is 0 Å². The van der Waals surface area contributed by atoms with Crippen LogP contribution in [0.15, 0.2) is 40.8 Å². The average Bonchev–Trinajstić information content (AvgIpc) is 2.83. The molecule has 3 rings (SSSR count). The van der Waals surface area contributed by atoms with Crippen LogP contribution in [0.5, 0.6) is 0 Å². The van der Waals surface area contributed by atoms with Crippen LogP contribution < -0.4 is 5.73 Å². The molecular formula is C16H16N2O. The number of aryl methyl sites for hydroxylation is 2. The van der Waals surface area contributed by atoms with Crippen molar-refractivity contribution in [3.63, 3.8) is 0 Å². The fraction of sp³-hybridized carbons (Fsp3) is 0.188. The molecule has 0 amide bonds. The topological polar surface area (TPSA) is 52.0 Å². The van der Waals surface area contributed by atoms with Crippen molar-refractivity contribution >= 4 is 11.1 Å². The first-order valence-corrected chi connectivity index (χ1v) is 6.34. The lowest BCUT2D eigenvalue weighted by Crippen LogP contribution is -1.95. The van der Waals surface area contributed by atoms with Crippen molar-refractivity contribution in [2.24, 2.45) is 5.73 Å². The maximum Gasteiger partial charge on any atom is 0.227 e. The second-order valence-electron chi connectivity index (χ2n) is 4.85. The summed E-state index contributed by atoms with van der Waals surface area (Å²) in [6.45, 7) is 4.63. The predicted molar refractivity (Wildman–Crippen MR) is 76.8 cm³/mol. The van der Waals surface area contributed by atoms with E-state index in [9.17, 15) is 0 Å². The van der Waals surface area contributed by atoms with Gasteiger partial charge in [0.1, 0.15) is 5.52 Å². The van der Waals surface area contributed by atoms with Gasteiger partial charge in [0.15, 0.2) is 5.58 Å². The first kappa shape index (κ1) is 11.9. The van der Waals surface area contributed by atoms with E-state index in [2.05, 4.69) is 18.0 Å². The quantitative estimate of drug-likeness (QED) is 0.758. The maximum atomic E-state index is 5.89. The second kappa shape index (κ2) is 4.52. The molecule has 0 aliphatic heterocycles. The van der Waals surface area contributed by atoms with Crippen molar-refractivity contribution in [3.8, 4) is 11.5 Å². The Bertz CT molecular complexity index is 744. The molecule has 0 saturated carbocycles. The Kier molecular flexibility index (Phi) is 2.84. The van der Waals surface area contributed by atoms with Gasteiger partial charge in [0, 0.05) is 12.1 Å². The largest absolute Gasteiger partial charge is 0.436 e. The molecule has 3 nitrogen and oxygen atoms in total. The summed E-state index contributed by atoms with van der Waals surface area (Å²) in [6, 6.07) is 12.1. The summed E-state index contributed by atoms with van der Waals surface area (Å²) in [5.74, 6) is 0.652. The van der Waals surface area contributed by atoms with Crippen LogP contribution in [0, 0.1) is 13.8 Å². The van der Waals surface area contributed by atoms with Crippen molar-refractivity contribution in [2.45, 2.75) is 20.4 Å². The Labute approximate surface area is 112 Å². The average molecular weight is 252 g/mol. The van der Waals surface area contributed by atoms with Crippen LogP contribution >= 0.6 is 0 Å². The van der Waals surface area contributed by atoms with Gasteiger partial charge < -0.3 is 10.2 Å². The SMILES string of the molecule is Cc1cc(C)c2oc(-c3cccc(CN)c3)nc2c1. The van der Waals surface area contributed by atoms with Crippen LogP contribution in [0.1, 0.15) is 16.7 Å². The Hall–Kier alpha value is -2.13. The van der Waals surface area contributed by atoms with E-state index >= 15 is 0 Å². The number of oxazole rings is 1. The molecule has 0 spiro atoms. The number of hydrogen-bond acceptors (Lipinski definition) is 3. The Morgan fingerprint density at radius 2 is 2.00 bits per heavy atom. The zero-order chi connectivity index (χ0) is 13.4. The van der Waals surface area contributed by atoms with Crippen molar-refractivity contribution in [1.82, 2.24) is 4.98 Å². The van der Waals surface area contributed by atoms with E-state index in [1.165, 1.54) is 5.56 Å². The van der Waals surface area contributed by atoms with E-state index in [4.69, 9.17) is 10.2 Å². The molecule has 0 bridgehead atoms. The van der Waals surface area contributed by atoms with Gasteiger partial charge in [-0.3, -0.25) is 0 Å². The normalized spacial score (nSPS) is 11.1. The van der Waals surface area contributed by atoms with Gasteiger partial charge in [0.2, 0.25) is 5.89 Å². The fourth-order valence-electron chi connectivity index (χ4n) is 2.33. The molecule has 96 valence electrons. The summed E-state index contributed by atoms with van der Waals surface area (Å²) >= 11 is 0.